The molecule has 0 saturated carbocycles. The lowest BCUT2D eigenvalue weighted by Crippen LogP contribution is -2.60. The van der Waals surface area contributed by atoms with Gasteiger partial charge in [-0.3, -0.25) is 19.5 Å². The molecule has 14 heteroatoms. The van der Waals surface area contributed by atoms with E-state index in [-0.39, 0.29) is 17.1 Å². The van der Waals surface area contributed by atoms with Crippen LogP contribution >= 0.6 is 0 Å². The highest BCUT2D eigenvalue weighted by Crippen LogP contribution is 2.38. The lowest BCUT2D eigenvalue weighted by Gasteiger charge is -2.40. The fourth-order valence-corrected chi connectivity index (χ4v) is 6.14. The molecular weight excluding hydrogens is 659 g/mol. The fourth-order valence-electron chi connectivity index (χ4n) is 6.14. The molecule has 0 aliphatic carbocycles. The second-order valence-electron chi connectivity index (χ2n) is 12.1. The van der Waals surface area contributed by atoms with Gasteiger partial charge in [0, 0.05) is 35.9 Å². The summed E-state index contributed by atoms with van der Waals surface area (Å²) in [5.41, 5.74) is 0.978. The number of likely N-dealkylation sites (N-methyl/N-ethyl adjacent to an activating group) is 1. The van der Waals surface area contributed by atoms with Gasteiger partial charge >= 0.3 is 0 Å². The molecular formula is C37H39FN6O7. The van der Waals surface area contributed by atoms with Gasteiger partial charge in [0.25, 0.3) is 5.91 Å². The van der Waals surface area contributed by atoms with Crippen molar-refractivity contribution in [2.75, 3.05) is 57.8 Å². The van der Waals surface area contributed by atoms with Crippen molar-refractivity contribution in [2.45, 2.75) is 31.5 Å². The van der Waals surface area contributed by atoms with E-state index in [2.05, 4.69) is 20.3 Å². The number of halogens is 1. The Balaban J connectivity index is 1.18. The van der Waals surface area contributed by atoms with Crippen LogP contribution in [0.1, 0.15) is 19.3 Å². The van der Waals surface area contributed by atoms with E-state index < -0.39 is 23.9 Å². The molecule has 1 aromatic heterocycles. The van der Waals surface area contributed by atoms with E-state index in [0.29, 0.717) is 58.8 Å². The van der Waals surface area contributed by atoms with E-state index in [1.807, 2.05) is 0 Å². The predicted molar refractivity (Wildman–Crippen MR) is 190 cm³/mol. The van der Waals surface area contributed by atoms with Gasteiger partial charge in [-0.05, 0) is 87.9 Å². The lowest BCUT2D eigenvalue weighted by molar-refractivity contribution is -0.117. The minimum absolute atomic E-state index is 0.0956. The van der Waals surface area contributed by atoms with Crippen LogP contribution in [-0.4, -0.2) is 98.7 Å². The number of pyridine rings is 1. The lowest BCUT2D eigenvalue weighted by atomic mass is 10.1. The number of methoxy groups -OCH3 is 2. The standard InChI is InChI=1S/C37H39FN6O7/c1-42-30(22-45)36(41-44(35(42)23-46)25-8-10-26(48-2)11-9-25)37(47)40-24-7-12-32(28(38)19-24)51-31-13-14-39-29-21-34(33(49-3)20-27(29)31)50-18-6-17-43-15-4-5-16-43/h7-14,19-23,30,35H,4-6,15-18H2,1-3H3,(H,40,47). The largest absolute Gasteiger partial charge is 0.497 e. The van der Waals surface area contributed by atoms with Crippen molar-refractivity contribution in [1.82, 2.24) is 14.8 Å². The number of carbonyl (C=O) groups is 3. The van der Waals surface area contributed by atoms with Gasteiger partial charge in [-0.1, -0.05) is 0 Å². The molecule has 0 spiro atoms. The first-order valence-electron chi connectivity index (χ1n) is 16.6. The molecule has 3 aromatic carbocycles. The van der Waals surface area contributed by atoms with Gasteiger partial charge in [-0.25, -0.2) is 9.40 Å². The highest BCUT2D eigenvalue weighted by molar-refractivity contribution is 6.47. The van der Waals surface area contributed by atoms with E-state index in [1.54, 1.807) is 55.8 Å². The molecule has 2 aliphatic heterocycles. The Morgan fingerprint density at radius 2 is 1.73 bits per heavy atom. The highest BCUT2D eigenvalue weighted by Gasteiger charge is 2.39. The Bertz CT molecular complexity index is 1920. The molecule has 0 radical (unpaired) electrons. The number of aldehydes is 2. The van der Waals surface area contributed by atoms with Gasteiger partial charge in [0.05, 0.1) is 32.0 Å². The molecule has 2 aliphatic rings. The number of likely N-dealkylation sites (tertiary alicyclic amines) is 1. The molecule has 0 bridgehead atoms. The van der Waals surface area contributed by atoms with Crippen molar-refractivity contribution in [2.24, 2.45) is 5.10 Å². The number of rotatable bonds is 14. The number of nitrogens with zero attached hydrogens (tertiary/aromatic N) is 5. The highest BCUT2D eigenvalue weighted by atomic mass is 19.1. The van der Waals surface area contributed by atoms with Gasteiger partial charge in [-0.15, -0.1) is 0 Å². The number of aromatic nitrogens is 1. The first-order valence-corrected chi connectivity index (χ1v) is 16.6. The number of amides is 1. The third kappa shape index (κ3) is 7.76. The molecule has 6 rings (SSSR count). The molecule has 3 heterocycles. The first-order chi connectivity index (χ1) is 24.8. The first kappa shape index (κ1) is 35.2. The van der Waals surface area contributed by atoms with Crippen molar-refractivity contribution in [3.05, 3.63) is 72.7 Å². The molecule has 1 N–H and O–H groups in total. The van der Waals surface area contributed by atoms with E-state index in [0.717, 1.165) is 32.1 Å². The Labute approximate surface area is 294 Å². The predicted octanol–water partition coefficient (Wildman–Crippen LogP) is 4.89. The molecule has 1 fully saturated rings. The quantitative estimate of drug-likeness (QED) is 0.143. The number of hydrogen-bond acceptors (Lipinski definition) is 12. The number of fused-ring (bicyclic) bond motifs is 1. The van der Waals surface area contributed by atoms with Crippen LogP contribution in [0.15, 0.2) is 72.0 Å². The van der Waals surface area contributed by atoms with E-state index in [9.17, 15) is 14.4 Å². The zero-order valence-corrected chi connectivity index (χ0v) is 28.6. The van der Waals surface area contributed by atoms with Gasteiger partial charge in [0.15, 0.2) is 41.2 Å². The number of anilines is 2. The summed E-state index contributed by atoms with van der Waals surface area (Å²) in [6.45, 7) is 3.78. The molecule has 4 aromatic rings. The van der Waals surface area contributed by atoms with Crippen molar-refractivity contribution in [3.8, 4) is 28.7 Å². The Hall–Kier alpha value is -5.60. The monoisotopic (exact) mass is 698 g/mol. The van der Waals surface area contributed by atoms with Crippen molar-refractivity contribution in [3.63, 3.8) is 0 Å². The summed E-state index contributed by atoms with van der Waals surface area (Å²) in [6, 6.07) is 14.6. The SMILES string of the molecule is COc1ccc(N2N=C(C(=O)Nc3ccc(Oc4ccnc5cc(OCCCN6CCCC6)c(OC)cc45)c(F)c3)C(C=O)N(C)C2C=O)cc1. The maximum atomic E-state index is 15.5. The topological polar surface area (TPSA) is 135 Å². The third-order valence-electron chi connectivity index (χ3n) is 8.89. The minimum Gasteiger partial charge on any atom is -0.497 e. The molecule has 1 amide bonds. The van der Waals surface area contributed by atoms with Gasteiger partial charge in [0.2, 0.25) is 0 Å². The fraction of sp³-hybridized carbons (Fsp3) is 0.324. The van der Waals surface area contributed by atoms with Crippen LogP contribution in [0.4, 0.5) is 15.8 Å². The normalized spacial score (nSPS) is 17.9. The third-order valence-corrected chi connectivity index (χ3v) is 8.89. The number of ether oxygens (including phenoxy) is 4. The van der Waals surface area contributed by atoms with Crippen LogP contribution in [-0.2, 0) is 14.4 Å². The second kappa shape index (κ2) is 16.0. The van der Waals surface area contributed by atoms with Gasteiger partial charge in [-0.2, -0.15) is 5.10 Å². The summed E-state index contributed by atoms with van der Waals surface area (Å²) < 4.78 is 38.3. The number of benzene rings is 3. The molecule has 266 valence electrons. The van der Waals surface area contributed by atoms with Crippen LogP contribution in [0.5, 0.6) is 28.7 Å². The summed E-state index contributed by atoms with van der Waals surface area (Å²) in [4.78, 5) is 45.9. The smallest absolute Gasteiger partial charge is 0.274 e. The Morgan fingerprint density at radius 1 is 0.941 bits per heavy atom. The van der Waals surface area contributed by atoms with Gasteiger partial charge < -0.3 is 34.0 Å². The van der Waals surface area contributed by atoms with E-state index >= 15 is 4.39 Å². The minimum atomic E-state index is -1.14. The summed E-state index contributed by atoms with van der Waals surface area (Å²) in [5.74, 6) is 0.377. The maximum Gasteiger partial charge on any atom is 0.274 e. The molecule has 1 saturated heterocycles. The molecule has 2 atom stereocenters. The van der Waals surface area contributed by atoms with Crippen LogP contribution in [0.2, 0.25) is 0 Å². The van der Waals surface area contributed by atoms with Gasteiger partial charge in [0.1, 0.15) is 23.8 Å². The average Bonchev–Trinajstić information content (AvgIpc) is 3.67. The van der Waals surface area contributed by atoms with Crippen molar-refractivity contribution >= 4 is 46.5 Å². The van der Waals surface area contributed by atoms with E-state index in [1.165, 1.54) is 49.0 Å². The summed E-state index contributed by atoms with van der Waals surface area (Å²) in [7, 11) is 4.61. The average molecular weight is 699 g/mol. The van der Waals surface area contributed by atoms with Crippen LogP contribution in [0.25, 0.3) is 10.9 Å². The molecule has 13 nitrogen and oxygen atoms in total. The number of carbonyl (C=O) groups excluding carboxylic acids is 3. The summed E-state index contributed by atoms with van der Waals surface area (Å²) >= 11 is 0. The zero-order chi connectivity index (χ0) is 35.9. The van der Waals surface area contributed by atoms with Crippen LogP contribution in [0.3, 0.4) is 0 Å². The number of hydrogen-bond donors (Lipinski definition) is 1. The van der Waals surface area contributed by atoms with Crippen molar-refractivity contribution in [1.29, 1.82) is 0 Å². The van der Waals surface area contributed by atoms with Crippen molar-refractivity contribution < 1.29 is 37.7 Å². The molecule has 51 heavy (non-hydrogen) atoms. The number of nitrogens with one attached hydrogen (secondary N) is 1. The molecule has 2 unspecified atom stereocenters. The Morgan fingerprint density at radius 3 is 2.41 bits per heavy atom. The van der Waals surface area contributed by atoms with Crippen LogP contribution in [0, 0.1) is 5.82 Å². The summed E-state index contributed by atoms with van der Waals surface area (Å²) in [5, 5.41) is 8.92. The zero-order valence-electron chi connectivity index (χ0n) is 28.6. The maximum absolute atomic E-state index is 15.5. The number of hydrazone groups is 1. The second-order valence-corrected chi connectivity index (χ2v) is 12.1. The van der Waals surface area contributed by atoms with Crippen LogP contribution < -0.4 is 29.3 Å². The van der Waals surface area contributed by atoms with E-state index in [4.69, 9.17) is 18.9 Å². The Kier molecular flexibility index (Phi) is 11.0. The summed E-state index contributed by atoms with van der Waals surface area (Å²) in [6.07, 6.45) is 5.12.